The lowest BCUT2D eigenvalue weighted by molar-refractivity contribution is -0.384. The van der Waals surface area contributed by atoms with Gasteiger partial charge >= 0.3 is 5.69 Å². The molecule has 0 amide bonds. The van der Waals surface area contributed by atoms with Gasteiger partial charge in [-0.1, -0.05) is 11.6 Å². The molecule has 3 rings (SSSR count). The number of pyridine rings is 1. The Morgan fingerprint density at radius 2 is 2.37 bits per heavy atom. The summed E-state index contributed by atoms with van der Waals surface area (Å²) in [5, 5.41) is 14.8. The van der Waals surface area contributed by atoms with Crippen LogP contribution >= 0.6 is 11.6 Å². The second kappa shape index (κ2) is 4.61. The van der Waals surface area contributed by atoms with Gasteiger partial charge in [0, 0.05) is 37.9 Å². The second-order valence-electron chi connectivity index (χ2n) is 5.23. The number of fused-ring (bicyclic) bond motifs is 1. The van der Waals surface area contributed by atoms with Crippen LogP contribution in [-0.2, 0) is 0 Å². The minimum atomic E-state index is -0.409. The fourth-order valence-corrected chi connectivity index (χ4v) is 3.38. The van der Waals surface area contributed by atoms with Gasteiger partial charge in [-0.25, -0.2) is 4.98 Å². The highest BCUT2D eigenvalue weighted by Gasteiger charge is 2.44. The van der Waals surface area contributed by atoms with Crippen LogP contribution in [0.5, 0.6) is 0 Å². The second-order valence-corrected chi connectivity index (χ2v) is 5.66. The molecule has 7 heteroatoms. The maximum Gasteiger partial charge on any atom is 0.313 e. The first-order valence-electron chi connectivity index (χ1n) is 6.35. The van der Waals surface area contributed by atoms with Gasteiger partial charge in [0.25, 0.3) is 0 Å². The Morgan fingerprint density at radius 3 is 3.05 bits per heavy atom. The van der Waals surface area contributed by atoms with Gasteiger partial charge in [0.1, 0.15) is 0 Å². The van der Waals surface area contributed by atoms with Gasteiger partial charge in [-0.15, -0.1) is 0 Å². The minimum Gasteiger partial charge on any atom is -0.348 e. The number of nitro groups is 1. The van der Waals surface area contributed by atoms with Gasteiger partial charge in [0.2, 0.25) is 5.82 Å². The minimum absolute atomic E-state index is 0.00715. The number of nitrogens with zero attached hydrogens (tertiary/aromatic N) is 3. The summed E-state index contributed by atoms with van der Waals surface area (Å²) in [6.07, 6.45) is 1.48. The summed E-state index contributed by atoms with van der Waals surface area (Å²) in [6.45, 7) is 4.88. The molecule has 0 spiro atoms. The van der Waals surface area contributed by atoms with Gasteiger partial charge in [0.15, 0.2) is 0 Å². The van der Waals surface area contributed by atoms with Crippen LogP contribution < -0.4 is 10.2 Å². The molecule has 1 N–H and O–H groups in total. The van der Waals surface area contributed by atoms with Crippen molar-refractivity contribution in [1.82, 2.24) is 10.3 Å². The highest BCUT2D eigenvalue weighted by molar-refractivity contribution is 6.30. The quantitative estimate of drug-likeness (QED) is 0.660. The highest BCUT2D eigenvalue weighted by atomic mass is 35.5. The van der Waals surface area contributed by atoms with E-state index in [1.54, 1.807) is 0 Å². The molecule has 2 saturated heterocycles. The highest BCUT2D eigenvalue weighted by Crippen LogP contribution is 2.38. The standard InChI is InChI=1S/C12H15ClN4O2/c1-7-10-5-14-3-8(10)6-16(7)12-11(17(18)19)2-9(13)4-15-12/h2,4,7-8,10,14H,3,5-6H2,1H3. The van der Waals surface area contributed by atoms with Gasteiger partial charge < -0.3 is 10.2 Å². The van der Waals surface area contributed by atoms with E-state index in [4.69, 9.17) is 11.6 Å². The Kier molecular flexibility index (Phi) is 3.06. The molecule has 1 aromatic rings. The zero-order valence-corrected chi connectivity index (χ0v) is 11.3. The first-order valence-corrected chi connectivity index (χ1v) is 6.73. The molecule has 0 bridgehead atoms. The lowest BCUT2D eigenvalue weighted by Gasteiger charge is -2.25. The molecule has 1 aromatic heterocycles. The number of halogens is 1. The third kappa shape index (κ3) is 2.04. The van der Waals surface area contributed by atoms with Crippen molar-refractivity contribution in [2.75, 3.05) is 24.5 Å². The van der Waals surface area contributed by atoms with Gasteiger partial charge in [-0.05, 0) is 18.8 Å². The Bertz CT molecular complexity index is 524. The molecule has 2 aliphatic rings. The molecule has 3 unspecified atom stereocenters. The van der Waals surface area contributed by atoms with Crippen molar-refractivity contribution < 1.29 is 4.92 Å². The third-order valence-electron chi connectivity index (χ3n) is 4.22. The van der Waals surface area contributed by atoms with Crippen LogP contribution in [0, 0.1) is 22.0 Å². The summed E-state index contributed by atoms with van der Waals surface area (Å²) in [6, 6.07) is 1.63. The van der Waals surface area contributed by atoms with E-state index in [-0.39, 0.29) is 11.7 Å². The molecule has 2 aliphatic heterocycles. The van der Waals surface area contributed by atoms with Crippen LogP contribution in [0.2, 0.25) is 5.02 Å². The van der Waals surface area contributed by atoms with E-state index >= 15 is 0 Å². The summed E-state index contributed by atoms with van der Waals surface area (Å²) in [5.41, 5.74) is -0.00715. The van der Waals surface area contributed by atoms with E-state index < -0.39 is 4.92 Å². The molecule has 0 radical (unpaired) electrons. The maximum atomic E-state index is 11.2. The summed E-state index contributed by atoms with van der Waals surface area (Å²) in [7, 11) is 0. The molecule has 0 aromatic carbocycles. The lowest BCUT2D eigenvalue weighted by atomic mass is 9.95. The van der Waals surface area contributed by atoms with Crippen molar-refractivity contribution >= 4 is 23.1 Å². The molecule has 3 atom stereocenters. The number of rotatable bonds is 2. The van der Waals surface area contributed by atoms with Crippen molar-refractivity contribution in [2.24, 2.45) is 11.8 Å². The third-order valence-corrected chi connectivity index (χ3v) is 4.42. The zero-order valence-electron chi connectivity index (χ0n) is 10.5. The van der Waals surface area contributed by atoms with E-state index in [1.807, 2.05) is 4.90 Å². The molecule has 3 heterocycles. The molecule has 19 heavy (non-hydrogen) atoms. The monoisotopic (exact) mass is 282 g/mol. The maximum absolute atomic E-state index is 11.2. The van der Waals surface area contributed by atoms with Gasteiger partial charge in [-0.3, -0.25) is 10.1 Å². The number of aromatic nitrogens is 1. The summed E-state index contributed by atoms with van der Waals surface area (Å²) in [4.78, 5) is 17.0. The fourth-order valence-electron chi connectivity index (χ4n) is 3.22. The van der Waals surface area contributed by atoms with E-state index in [1.165, 1.54) is 12.3 Å². The molecule has 102 valence electrons. The lowest BCUT2D eigenvalue weighted by Crippen LogP contribution is -2.34. The zero-order chi connectivity index (χ0) is 13.6. The Morgan fingerprint density at radius 1 is 1.58 bits per heavy atom. The first kappa shape index (κ1) is 12.6. The van der Waals surface area contributed by atoms with Crippen molar-refractivity contribution in [3.63, 3.8) is 0 Å². The predicted molar refractivity (Wildman–Crippen MR) is 72.6 cm³/mol. The number of hydrogen-bond acceptors (Lipinski definition) is 5. The average molecular weight is 283 g/mol. The van der Waals surface area contributed by atoms with Crippen molar-refractivity contribution in [1.29, 1.82) is 0 Å². The topological polar surface area (TPSA) is 71.3 Å². The molecule has 0 aliphatic carbocycles. The Balaban J connectivity index is 1.97. The van der Waals surface area contributed by atoms with Crippen LogP contribution in [0.4, 0.5) is 11.5 Å². The van der Waals surface area contributed by atoms with Crippen LogP contribution in [0.15, 0.2) is 12.3 Å². The molecular weight excluding hydrogens is 268 g/mol. The van der Waals surface area contributed by atoms with Crippen molar-refractivity contribution in [2.45, 2.75) is 13.0 Å². The Labute approximate surface area is 115 Å². The Hall–Kier alpha value is -1.40. The van der Waals surface area contributed by atoms with Crippen molar-refractivity contribution in [3.8, 4) is 0 Å². The van der Waals surface area contributed by atoms with Crippen molar-refractivity contribution in [3.05, 3.63) is 27.4 Å². The normalized spacial score (nSPS) is 29.6. The average Bonchev–Trinajstić information content (AvgIpc) is 2.93. The molecule has 0 saturated carbocycles. The largest absolute Gasteiger partial charge is 0.348 e. The van der Waals surface area contributed by atoms with E-state index in [2.05, 4.69) is 17.2 Å². The number of hydrogen-bond donors (Lipinski definition) is 1. The predicted octanol–water partition coefficient (Wildman–Crippen LogP) is 1.69. The van der Waals surface area contributed by atoms with E-state index in [0.717, 1.165) is 19.6 Å². The summed E-state index contributed by atoms with van der Waals surface area (Å²) >= 11 is 5.80. The van der Waals surface area contributed by atoms with Crippen LogP contribution in [0.3, 0.4) is 0 Å². The number of nitrogens with one attached hydrogen (secondary N) is 1. The van der Waals surface area contributed by atoms with Crippen LogP contribution in [0.1, 0.15) is 6.92 Å². The SMILES string of the molecule is CC1C2CNCC2CN1c1ncc(Cl)cc1[N+](=O)[O-]. The van der Waals surface area contributed by atoms with Crippen LogP contribution in [-0.4, -0.2) is 35.6 Å². The molecular formula is C12H15ClN4O2. The number of anilines is 1. The van der Waals surface area contributed by atoms with E-state index in [0.29, 0.717) is 22.7 Å². The van der Waals surface area contributed by atoms with Gasteiger partial charge in [-0.2, -0.15) is 0 Å². The van der Waals surface area contributed by atoms with Crippen LogP contribution in [0.25, 0.3) is 0 Å². The van der Waals surface area contributed by atoms with E-state index in [9.17, 15) is 10.1 Å². The molecule has 2 fully saturated rings. The molecule has 6 nitrogen and oxygen atoms in total. The summed E-state index contributed by atoms with van der Waals surface area (Å²) in [5.74, 6) is 1.53. The fraction of sp³-hybridized carbons (Fsp3) is 0.583. The smallest absolute Gasteiger partial charge is 0.313 e. The first-order chi connectivity index (χ1) is 9.08. The summed E-state index contributed by atoms with van der Waals surface area (Å²) < 4.78 is 0. The van der Waals surface area contributed by atoms with Gasteiger partial charge in [0.05, 0.1) is 9.95 Å².